The summed E-state index contributed by atoms with van der Waals surface area (Å²) in [6.45, 7) is 0. The lowest BCUT2D eigenvalue weighted by Gasteiger charge is -2.08. The lowest BCUT2D eigenvalue weighted by molar-refractivity contribution is 0.0955. The summed E-state index contributed by atoms with van der Waals surface area (Å²) in [6, 6.07) is 0. The van der Waals surface area contributed by atoms with Gasteiger partial charge in [-0.1, -0.05) is 0 Å². The number of ether oxygens (including phenoxy) is 2. The van der Waals surface area contributed by atoms with Crippen LogP contribution in [0.4, 0.5) is 0 Å². The Morgan fingerprint density at radius 1 is 1.12 bits per heavy atom. The molecule has 1 rings (SSSR count). The van der Waals surface area contributed by atoms with Crippen molar-refractivity contribution in [3.63, 3.8) is 0 Å². The van der Waals surface area contributed by atoms with E-state index in [1.807, 2.05) is 14.1 Å². The summed E-state index contributed by atoms with van der Waals surface area (Å²) in [5.74, 6) is 0.0340. The molecular formula is C10H18N4O3. The van der Waals surface area contributed by atoms with Gasteiger partial charge in [-0.05, 0) is 14.1 Å². The Bertz CT molecular complexity index is 335. The molecule has 0 aliphatic heterocycles. The Balaban J connectivity index is 0.000000770. The number of carbonyl (C=O) groups excluding carboxylic acids is 1. The molecule has 0 aromatic carbocycles. The number of carbonyl (C=O) groups is 1. The minimum Gasteiger partial charge on any atom is -0.480 e. The van der Waals surface area contributed by atoms with Gasteiger partial charge in [0.05, 0.1) is 14.2 Å². The number of hydrogen-bond acceptors (Lipinski definition) is 6. The number of nitrogens with one attached hydrogen (secondary N) is 2. The summed E-state index contributed by atoms with van der Waals surface area (Å²) in [5.41, 5.74) is 0.194. The van der Waals surface area contributed by atoms with E-state index in [2.05, 4.69) is 20.6 Å². The van der Waals surface area contributed by atoms with Crippen LogP contribution in [0.2, 0.25) is 0 Å². The molecule has 0 aliphatic carbocycles. The second-order valence-corrected chi connectivity index (χ2v) is 2.85. The first kappa shape index (κ1) is 15.1. The van der Waals surface area contributed by atoms with Crippen molar-refractivity contribution in [1.29, 1.82) is 0 Å². The van der Waals surface area contributed by atoms with Gasteiger partial charge in [-0.15, -0.1) is 0 Å². The highest BCUT2D eigenvalue weighted by molar-refractivity contribution is 5.98. The van der Waals surface area contributed by atoms with Crippen LogP contribution < -0.4 is 20.1 Å². The fourth-order valence-corrected chi connectivity index (χ4v) is 0.983. The van der Waals surface area contributed by atoms with Gasteiger partial charge in [0.1, 0.15) is 6.33 Å². The van der Waals surface area contributed by atoms with Crippen LogP contribution >= 0.6 is 0 Å². The summed E-state index contributed by atoms with van der Waals surface area (Å²) >= 11 is 0. The van der Waals surface area contributed by atoms with E-state index in [1.165, 1.54) is 27.6 Å². The average Bonchev–Trinajstić information content (AvgIpc) is 2.37. The lowest BCUT2D eigenvalue weighted by Crippen LogP contribution is -2.20. The zero-order valence-corrected chi connectivity index (χ0v) is 10.7. The molecule has 96 valence electrons. The average molecular weight is 242 g/mol. The summed E-state index contributed by atoms with van der Waals surface area (Å²) < 4.78 is 9.84. The van der Waals surface area contributed by atoms with Crippen molar-refractivity contribution in [2.45, 2.75) is 0 Å². The molecule has 0 saturated carbocycles. The van der Waals surface area contributed by atoms with Gasteiger partial charge in [0.15, 0.2) is 5.56 Å². The molecule has 1 aromatic rings. The minimum atomic E-state index is -0.348. The molecule has 7 nitrogen and oxygen atoms in total. The molecule has 7 heteroatoms. The third-order valence-electron chi connectivity index (χ3n) is 1.62. The van der Waals surface area contributed by atoms with Crippen molar-refractivity contribution in [1.82, 2.24) is 20.6 Å². The first-order chi connectivity index (χ1) is 8.15. The number of rotatable bonds is 3. The molecule has 1 aromatic heterocycles. The smallest absolute Gasteiger partial charge is 0.262 e. The summed E-state index contributed by atoms with van der Waals surface area (Å²) in [5, 5.41) is 5.20. The number of nitrogens with zero attached hydrogens (tertiary/aromatic N) is 2. The summed E-state index contributed by atoms with van der Waals surface area (Å²) in [6.07, 6.45) is 1.27. The van der Waals surface area contributed by atoms with Crippen LogP contribution in [0.5, 0.6) is 11.8 Å². The van der Waals surface area contributed by atoms with E-state index in [0.717, 1.165) is 0 Å². The molecule has 2 N–H and O–H groups in total. The summed E-state index contributed by atoms with van der Waals surface area (Å²) in [4.78, 5) is 19.0. The van der Waals surface area contributed by atoms with Gasteiger partial charge in [-0.2, -0.15) is 0 Å². The molecule has 1 heterocycles. The lowest BCUT2D eigenvalue weighted by atomic mass is 10.3. The highest BCUT2D eigenvalue weighted by Crippen LogP contribution is 2.22. The van der Waals surface area contributed by atoms with Gasteiger partial charge in [0.2, 0.25) is 11.8 Å². The van der Waals surface area contributed by atoms with Crippen LogP contribution in [-0.2, 0) is 0 Å². The molecule has 0 spiro atoms. The Labute approximate surface area is 101 Å². The predicted molar refractivity (Wildman–Crippen MR) is 63.5 cm³/mol. The predicted octanol–water partition coefficient (Wildman–Crippen LogP) is -0.311. The van der Waals surface area contributed by atoms with Gasteiger partial charge in [0, 0.05) is 7.05 Å². The van der Waals surface area contributed by atoms with Crippen LogP contribution in [0.3, 0.4) is 0 Å². The topological polar surface area (TPSA) is 85.4 Å². The van der Waals surface area contributed by atoms with E-state index >= 15 is 0 Å². The van der Waals surface area contributed by atoms with Crippen molar-refractivity contribution < 1.29 is 14.3 Å². The third-order valence-corrected chi connectivity index (χ3v) is 1.62. The van der Waals surface area contributed by atoms with Crippen molar-refractivity contribution in [2.75, 3.05) is 35.4 Å². The molecule has 0 aliphatic rings. The van der Waals surface area contributed by atoms with Gasteiger partial charge in [-0.3, -0.25) is 4.79 Å². The zero-order chi connectivity index (χ0) is 13.3. The van der Waals surface area contributed by atoms with Crippen molar-refractivity contribution in [3.8, 4) is 11.8 Å². The normalized spacial score (nSPS) is 8.76. The van der Waals surface area contributed by atoms with Crippen LogP contribution in [-0.4, -0.2) is 51.2 Å². The number of hydrogen-bond donors (Lipinski definition) is 2. The molecule has 0 unspecified atom stereocenters. The quantitative estimate of drug-likeness (QED) is 0.756. The second-order valence-electron chi connectivity index (χ2n) is 2.85. The number of amides is 1. The van der Waals surface area contributed by atoms with Crippen molar-refractivity contribution >= 4 is 5.91 Å². The van der Waals surface area contributed by atoms with Gasteiger partial charge < -0.3 is 20.1 Å². The highest BCUT2D eigenvalue weighted by atomic mass is 16.5. The van der Waals surface area contributed by atoms with E-state index in [4.69, 9.17) is 9.47 Å². The van der Waals surface area contributed by atoms with Gasteiger partial charge in [0.25, 0.3) is 5.91 Å². The molecule has 0 fully saturated rings. The first-order valence-corrected chi connectivity index (χ1v) is 4.89. The van der Waals surface area contributed by atoms with E-state index in [-0.39, 0.29) is 23.2 Å². The molecule has 0 saturated heterocycles. The maximum Gasteiger partial charge on any atom is 0.262 e. The van der Waals surface area contributed by atoms with E-state index < -0.39 is 0 Å². The van der Waals surface area contributed by atoms with Gasteiger partial charge in [-0.25, -0.2) is 9.97 Å². The maximum absolute atomic E-state index is 11.4. The SMILES string of the molecule is CNC.CNC(=O)c1c(OC)ncnc1OC. The zero-order valence-electron chi connectivity index (χ0n) is 10.7. The largest absolute Gasteiger partial charge is 0.480 e. The number of aromatic nitrogens is 2. The third kappa shape index (κ3) is 4.23. The first-order valence-electron chi connectivity index (χ1n) is 4.89. The molecule has 17 heavy (non-hydrogen) atoms. The second kappa shape index (κ2) is 8.28. The summed E-state index contributed by atoms with van der Waals surface area (Å²) in [7, 11) is 8.11. The van der Waals surface area contributed by atoms with Crippen molar-refractivity contribution in [3.05, 3.63) is 11.9 Å². The van der Waals surface area contributed by atoms with E-state index in [9.17, 15) is 4.79 Å². The van der Waals surface area contributed by atoms with Crippen LogP contribution in [0.15, 0.2) is 6.33 Å². The Kier molecular flexibility index (Phi) is 7.36. The monoisotopic (exact) mass is 242 g/mol. The number of methoxy groups -OCH3 is 2. The van der Waals surface area contributed by atoms with Crippen LogP contribution in [0.25, 0.3) is 0 Å². The molecule has 0 bridgehead atoms. The van der Waals surface area contributed by atoms with Crippen LogP contribution in [0.1, 0.15) is 10.4 Å². The van der Waals surface area contributed by atoms with E-state index in [0.29, 0.717) is 0 Å². The van der Waals surface area contributed by atoms with E-state index in [1.54, 1.807) is 0 Å². The Morgan fingerprint density at radius 2 is 1.53 bits per heavy atom. The standard InChI is InChI=1S/C8H11N3O3.C2H7N/c1-9-6(12)5-7(13-2)10-4-11-8(5)14-3;1-3-2/h4H,1-3H3,(H,9,12);3H,1-2H3. The van der Waals surface area contributed by atoms with Gasteiger partial charge >= 0.3 is 0 Å². The molecule has 1 amide bonds. The fourth-order valence-electron chi connectivity index (χ4n) is 0.983. The Hall–Kier alpha value is -1.89. The molecule has 0 atom stereocenters. The molecule has 0 radical (unpaired) electrons. The molecular weight excluding hydrogens is 224 g/mol. The fraction of sp³-hybridized carbons (Fsp3) is 0.500. The highest BCUT2D eigenvalue weighted by Gasteiger charge is 2.19. The Morgan fingerprint density at radius 3 is 1.82 bits per heavy atom. The van der Waals surface area contributed by atoms with Crippen molar-refractivity contribution in [2.24, 2.45) is 0 Å². The van der Waals surface area contributed by atoms with Crippen LogP contribution in [0, 0.1) is 0 Å². The minimum absolute atomic E-state index is 0.191. The maximum atomic E-state index is 11.4.